The van der Waals surface area contributed by atoms with Crippen molar-refractivity contribution in [2.24, 2.45) is 0 Å². The van der Waals surface area contributed by atoms with Gasteiger partial charge in [-0.05, 0) is 30.8 Å². The fourth-order valence-electron chi connectivity index (χ4n) is 2.78. The van der Waals surface area contributed by atoms with E-state index in [1.165, 1.54) is 0 Å². The highest BCUT2D eigenvalue weighted by atomic mass is 16.5. The number of ether oxygens (including phenoxy) is 2. The lowest BCUT2D eigenvalue weighted by Gasteiger charge is -2.17. The van der Waals surface area contributed by atoms with E-state index in [4.69, 9.17) is 9.47 Å². The molecule has 0 saturated carbocycles. The van der Waals surface area contributed by atoms with Crippen molar-refractivity contribution in [2.75, 3.05) is 26.1 Å². The lowest BCUT2D eigenvalue weighted by Crippen LogP contribution is -2.18. The van der Waals surface area contributed by atoms with Gasteiger partial charge in [0.05, 0.1) is 13.7 Å². The quantitative estimate of drug-likeness (QED) is 0.763. The molecule has 0 radical (unpaired) electrons. The molecule has 0 spiro atoms. The Labute approximate surface area is 157 Å². The Balaban J connectivity index is 1.92. The van der Waals surface area contributed by atoms with Gasteiger partial charge in [-0.3, -0.25) is 5.32 Å². The third kappa shape index (κ3) is 5.85. The highest BCUT2D eigenvalue weighted by Gasteiger charge is 2.14. The minimum Gasteiger partial charge on any atom is -0.496 e. The summed E-state index contributed by atoms with van der Waals surface area (Å²) in [7, 11) is 7.69. The number of rotatable bonds is 7. The maximum atomic E-state index is 12.1. The smallest absolute Gasteiger partial charge is 0.411 e. The Morgan fingerprint density at radius 2 is 2.04 bits per heavy atom. The summed E-state index contributed by atoms with van der Waals surface area (Å²) >= 11 is 0. The molecular formula is C19H26B2N2O3. The molecule has 2 rings (SSSR count). The van der Waals surface area contributed by atoms with Gasteiger partial charge in [0, 0.05) is 23.7 Å². The zero-order chi connectivity index (χ0) is 19.1. The van der Waals surface area contributed by atoms with Crippen molar-refractivity contribution in [3.63, 3.8) is 0 Å². The SMILES string of the molecule is Bc1ccc([C@@H](C)COC(=O)Nc2cccc(CN(B)C)c2)c(OC)c1. The highest BCUT2D eigenvalue weighted by Crippen LogP contribution is 2.25. The van der Waals surface area contributed by atoms with Crippen LogP contribution < -0.4 is 15.5 Å². The van der Waals surface area contributed by atoms with Crippen molar-refractivity contribution in [3.8, 4) is 5.75 Å². The molecule has 0 unspecified atom stereocenters. The van der Waals surface area contributed by atoms with Crippen LogP contribution in [0.5, 0.6) is 5.75 Å². The molecule has 5 nitrogen and oxygen atoms in total. The van der Waals surface area contributed by atoms with Crippen LogP contribution in [0.1, 0.15) is 24.0 Å². The van der Waals surface area contributed by atoms with Crippen molar-refractivity contribution in [1.82, 2.24) is 4.81 Å². The molecule has 0 aliphatic carbocycles. The second-order valence-corrected chi connectivity index (χ2v) is 6.81. The Hall–Kier alpha value is -2.40. The van der Waals surface area contributed by atoms with Crippen molar-refractivity contribution in [3.05, 3.63) is 53.6 Å². The summed E-state index contributed by atoms with van der Waals surface area (Å²) < 4.78 is 10.8. The maximum absolute atomic E-state index is 12.1. The second-order valence-electron chi connectivity index (χ2n) is 6.81. The molecule has 2 aromatic rings. The van der Waals surface area contributed by atoms with Crippen LogP contribution in [0.15, 0.2) is 42.5 Å². The van der Waals surface area contributed by atoms with E-state index in [0.717, 1.165) is 34.6 Å². The molecule has 0 aliphatic rings. The van der Waals surface area contributed by atoms with E-state index in [1.807, 2.05) is 72.3 Å². The number of amides is 1. The van der Waals surface area contributed by atoms with Gasteiger partial charge in [-0.25, -0.2) is 4.79 Å². The lowest BCUT2D eigenvalue weighted by molar-refractivity contribution is 0.155. The Bertz CT molecular complexity index is 753. The largest absolute Gasteiger partial charge is 0.496 e. The summed E-state index contributed by atoms with van der Waals surface area (Å²) in [6.07, 6.45) is -0.454. The Morgan fingerprint density at radius 3 is 2.73 bits per heavy atom. The first-order valence-corrected chi connectivity index (χ1v) is 8.71. The summed E-state index contributed by atoms with van der Waals surface area (Å²) in [6, 6.07) is 13.8. The summed E-state index contributed by atoms with van der Waals surface area (Å²) in [5, 5.41) is 2.79. The molecule has 0 aliphatic heterocycles. The number of nitrogens with one attached hydrogen (secondary N) is 1. The van der Waals surface area contributed by atoms with Crippen LogP contribution in [-0.4, -0.2) is 47.5 Å². The number of carbonyl (C=O) groups excluding carboxylic acids is 1. The number of benzene rings is 2. The van der Waals surface area contributed by atoms with Crippen LogP contribution in [-0.2, 0) is 11.3 Å². The zero-order valence-electron chi connectivity index (χ0n) is 16.2. The van der Waals surface area contributed by atoms with Gasteiger partial charge in [0.15, 0.2) is 7.98 Å². The normalized spacial score (nSPS) is 11.8. The Morgan fingerprint density at radius 1 is 1.27 bits per heavy atom. The first kappa shape index (κ1) is 19.9. The first-order valence-electron chi connectivity index (χ1n) is 8.71. The van der Waals surface area contributed by atoms with Crippen LogP contribution in [0.25, 0.3) is 0 Å². The first-order chi connectivity index (χ1) is 12.4. The fraction of sp³-hybridized carbons (Fsp3) is 0.316. The predicted octanol–water partition coefficient (Wildman–Crippen LogP) is 1.29. The van der Waals surface area contributed by atoms with Crippen LogP contribution >= 0.6 is 0 Å². The number of hydrogen-bond acceptors (Lipinski definition) is 4. The summed E-state index contributed by atoms with van der Waals surface area (Å²) in [4.78, 5) is 14.2. The van der Waals surface area contributed by atoms with E-state index >= 15 is 0 Å². The van der Waals surface area contributed by atoms with E-state index in [1.54, 1.807) is 7.11 Å². The zero-order valence-corrected chi connectivity index (χ0v) is 16.2. The molecule has 0 saturated heterocycles. The van der Waals surface area contributed by atoms with Gasteiger partial charge >= 0.3 is 6.09 Å². The number of methoxy groups -OCH3 is 1. The van der Waals surface area contributed by atoms with Gasteiger partial charge in [0.25, 0.3) is 0 Å². The van der Waals surface area contributed by atoms with E-state index in [2.05, 4.69) is 10.1 Å². The van der Waals surface area contributed by atoms with Crippen molar-refractivity contribution >= 4 is 33.1 Å². The molecule has 0 heterocycles. The van der Waals surface area contributed by atoms with Crippen LogP contribution in [0.2, 0.25) is 0 Å². The molecular weight excluding hydrogens is 326 g/mol. The van der Waals surface area contributed by atoms with Crippen LogP contribution in [0.3, 0.4) is 0 Å². The van der Waals surface area contributed by atoms with Crippen LogP contribution in [0, 0.1) is 0 Å². The minimum atomic E-state index is -0.454. The molecule has 7 heteroatoms. The van der Waals surface area contributed by atoms with E-state index in [0.29, 0.717) is 0 Å². The van der Waals surface area contributed by atoms with Gasteiger partial charge in [-0.2, -0.15) is 0 Å². The van der Waals surface area contributed by atoms with Gasteiger partial charge < -0.3 is 14.3 Å². The monoisotopic (exact) mass is 352 g/mol. The molecule has 1 amide bonds. The Kier molecular flexibility index (Phi) is 7.16. The number of hydrogen-bond donors (Lipinski definition) is 1. The standard InChI is InChI=1S/C19H26B2N2O3/c1-13(17-8-7-15(20)10-18(17)25-3)12-26-19(24)22-16-6-4-5-14(9-16)11-23(2)21/h4-10,13H,11-12,20-21H2,1-3H3,(H,22,24)/t13-/m0/s1. The van der Waals surface area contributed by atoms with E-state index in [9.17, 15) is 4.79 Å². The van der Waals surface area contributed by atoms with Gasteiger partial charge in [-0.1, -0.05) is 36.7 Å². The van der Waals surface area contributed by atoms with Crippen molar-refractivity contribution < 1.29 is 14.3 Å². The molecule has 0 fully saturated rings. The molecule has 1 atom stereocenters. The fourth-order valence-corrected chi connectivity index (χ4v) is 2.78. The van der Waals surface area contributed by atoms with Crippen LogP contribution in [0.4, 0.5) is 10.5 Å². The van der Waals surface area contributed by atoms with Crippen molar-refractivity contribution in [1.29, 1.82) is 0 Å². The maximum Gasteiger partial charge on any atom is 0.411 e. The number of carbonyl (C=O) groups is 1. The van der Waals surface area contributed by atoms with Gasteiger partial charge in [0.2, 0.25) is 0 Å². The number of nitrogens with zero attached hydrogens (tertiary/aromatic N) is 1. The lowest BCUT2D eigenvalue weighted by atomic mass is 9.91. The molecule has 26 heavy (non-hydrogen) atoms. The second kappa shape index (κ2) is 9.34. The minimum absolute atomic E-state index is 0.0383. The summed E-state index contributed by atoms with van der Waals surface area (Å²) in [5.74, 6) is 0.856. The molecule has 0 aromatic heterocycles. The third-order valence-electron chi connectivity index (χ3n) is 4.06. The molecule has 136 valence electrons. The molecule has 2 aromatic carbocycles. The summed E-state index contributed by atoms with van der Waals surface area (Å²) in [5.41, 5.74) is 4.02. The van der Waals surface area contributed by atoms with Gasteiger partial charge in [0.1, 0.15) is 13.6 Å². The highest BCUT2D eigenvalue weighted by molar-refractivity contribution is 6.32. The number of anilines is 1. The third-order valence-corrected chi connectivity index (χ3v) is 4.06. The average molecular weight is 352 g/mol. The average Bonchev–Trinajstić information content (AvgIpc) is 2.59. The van der Waals surface area contributed by atoms with Gasteiger partial charge in [-0.15, -0.1) is 0 Å². The van der Waals surface area contributed by atoms with E-state index < -0.39 is 6.09 Å². The molecule has 1 N–H and O–H groups in total. The van der Waals surface area contributed by atoms with E-state index in [-0.39, 0.29) is 12.5 Å². The molecule has 0 bridgehead atoms. The topological polar surface area (TPSA) is 50.8 Å². The summed E-state index contributed by atoms with van der Waals surface area (Å²) in [6.45, 7) is 3.11. The van der Waals surface area contributed by atoms with Crippen molar-refractivity contribution in [2.45, 2.75) is 19.4 Å². The predicted molar refractivity (Wildman–Crippen MR) is 111 cm³/mol.